The van der Waals surface area contributed by atoms with Crippen LogP contribution >= 0.6 is 0 Å². The van der Waals surface area contributed by atoms with Gasteiger partial charge in [0.1, 0.15) is 30.1 Å². The van der Waals surface area contributed by atoms with Gasteiger partial charge >= 0.3 is 5.97 Å². The Labute approximate surface area is 472 Å². The van der Waals surface area contributed by atoms with Crippen LogP contribution in [-0.4, -0.2) is 182 Å². The molecule has 4 rings (SSSR count). The molecule has 79 heavy (non-hydrogen) atoms. The first-order valence-electron chi connectivity index (χ1n) is 29.2. The fraction of sp³-hybridized carbons (Fsp3) is 0.758. The van der Waals surface area contributed by atoms with Crippen molar-refractivity contribution in [2.45, 2.75) is 200 Å². The zero-order chi connectivity index (χ0) is 58.4. The molecule has 0 bridgehead atoms. The van der Waals surface area contributed by atoms with Gasteiger partial charge in [-0.15, -0.1) is 12.3 Å². The number of rotatable bonds is 32. The van der Waals surface area contributed by atoms with Crippen LogP contribution in [0.3, 0.4) is 0 Å². The maximum absolute atomic E-state index is 14.7. The summed E-state index contributed by atoms with van der Waals surface area (Å²) in [6.07, 6.45) is 15.9. The van der Waals surface area contributed by atoms with E-state index in [4.69, 9.17) is 39.6 Å². The molecule has 3 aliphatic heterocycles. The average molecular weight is 1110 g/mol. The molecule has 1 saturated carbocycles. The molecule has 0 spiro atoms. The first kappa shape index (κ1) is 67.6. The number of Topliss-reactive ketones (excluding diaryl/α,β-unsaturated/α-hetero) is 3. The summed E-state index contributed by atoms with van der Waals surface area (Å²) in [7, 11) is 3.05. The van der Waals surface area contributed by atoms with Gasteiger partial charge in [-0.05, 0) is 114 Å². The molecule has 1 aliphatic carbocycles. The Morgan fingerprint density at radius 2 is 1.68 bits per heavy atom. The monoisotopic (exact) mass is 1110 g/mol. The van der Waals surface area contributed by atoms with Crippen molar-refractivity contribution in [3.05, 3.63) is 48.1 Å². The maximum atomic E-state index is 14.7. The minimum atomic E-state index is -2.49. The Balaban J connectivity index is 1.54. The third-order valence-corrected chi connectivity index (χ3v) is 16.7. The summed E-state index contributed by atoms with van der Waals surface area (Å²) in [6.45, 7) is 22.2. The van der Waals surface area contributed by atoms with E-state index in [1.165, 1.54) is 12.0 Å². The Morgan fingerprint density at radius 1 is 0.937 bits per heavy atom. The molecule has 17 nitrogen and oxygen atoms in total. The van der Waals surface area contributed by atoms with E-state index in [1.54, 1.807) is 59.1 Å². The van der Waals surface area contributed by atoms with E-state index in [2.05, 4.69) is 24.3 Å². The van der Waals surface area contributed by atoms with Gasteiger partial charge in [-0.25, -0.2) is 4.79 Å². The summed E-state index contributed by atoms with van der Waals surface area (Å²) >= 11 is 0. The van der Waals surface area contributed by atoms with Crippen LogP contribution < -0.4 is 0 Å². The molecule has 0 aromatic carbocycles. The van der Waals surface area contributed by atoms with Gasteiger partial charge in [0.15, 0.2) is 5.78 Å². The van der Waals surface area contributed by atoms with Crippen LogP contribution in [-0.2, 0) is 57.1 Å². The molecular formula is C62H98N2O15. The molecule has 2 unspecified atom stereocenters. The number of aliphatic hydroxyl groups excluding tert-OH is 2. The molecule has 3 saturated heterocycles. The Kier molecular flexibility index (Phi) is 29.0. The fourth-order valence-corrected chi connectivity index (χ4v) is 11.7. The number of hydrogen-bond acceptors (Lipinski definition) is 16. The standard InChI is InChI=1S/C62H98N2O15/c1-13-15-16-20-41(4)53(77-32-29-65)37-49-24-22-46(9)62(72,79-49)59(69)60(70)64-27-18-17-21-50(64)61(71)78-54(38-51(66)42(5)34-45(8)57(68)58(74-12)56(67)44(7)33-40(3)14-2)43(6)35-48-23-25-52(55(36-48)73-11)76-30-19-26-63-28-31-75-47(10)39-63/h2,13,15-16,20,34,40,42-44,46-50,52-55,57-58,65,68,72H,1,17-19,21-33,35-39H2,3-12H3/b16-15+,41-20+,45-34+/t40-,42+,43+,44+,46+,47+,48-,49-,50?,52+,53?,54-,55+,57+,58-,62+/m0/s1. The van der Waals surface area contributed by atoms with Crippen LogP contribution in [0.1, 0.15) is 139 Å². The Bertz CT molecular complexity index is 2100. The van der Waals surface area contributed by atoms with E-state index in [0.717, 1.165) is 51.1 Å². The smallest absolute Gasteiger partial charge is 0.329 e. The highest BCUT2D eigenvalue weighted by atomic mass is 16.6. The number of methoxy groups -OCH3 is 2. The van der Waals surface area contributed by atoms with Gasteiger partial charge in [0.05, 0.1) is 50.3 Å². The van der Waals surface area contributed by atoms with E-state index >= 15 is 0 Å². The summed E-state index contributed by atoms with van der Waals surface area (Å²) in [5.74, 6) is -5.80. The Hall–Kier alpha value is -3.93. The summed E-state index contributed by atoms with van der Waals surface area (Å²) in [5, 5.41) is 33.0. The number of amides is 1. The fourth-order valence-electron chi connectivity index (χ4n) is 11.7. The van der Waals surface area contributed by atoms with Crippen molar-refractivity contribution in [3.8, 4) is 12.3 Å². The average Bonchev–Trinajstić information content (AvgIpc) is 3.44. The molecule has 4 aliphatic rings. The molecule has 446 valence electrons. The number of nitrogens with zero attached hydrogens (tertiary/aromatic N) is 2. The molecule has 1 amide bonds. The number of piperidine rings is 1. The second-order valence-corrected chi connectivity index (χ2v) is 23.1. The van der Waals surface area contributed by atoms with Gasteiger partial charge < -0.3 is 53.4 Å². The van der Waals surface area contributed by atoms with Crippen molar-refractivity contribution in [2.24, 2.45) is 35.5 Å². The predicted molar refractivity (Wildman–Crippen MR) is 301 cm³/mol. The number of likely N-dealkylation sites (tertiary alicyclic amines) is 1. The van der Waals surface area contributed by atoms with Crippen molar-refractivity contribution >= 4 is 29.2 Å². The largest absolute Gasteiger partial charge is 0.460 e. The molecular weight excluding hydrogens is 1010 g/mol. The molecule has 16 atom stereocenters. The molecule has 3 N–H and O–H groups in total. The van der Waals surface area contributed by atoms with Crippen LogP contribution in [0.5, 0.6) is 0 Å². The number of morpholine rings is 1. The lowest BCUT2D eigenvalue weighted by Gasteiger charge is -2.43. The summed E-state index contributed by atoms with van der Waals surface area (Å²) in [6, 6.07) is -1.18. The van der Waals surface area contributed by atoms with Gasteiger partial charge in [-0.2, -0.15) is 0 Å². The summed E-state index contributed by atoms with van der Waals surface area (Å²) in [5.41, 5.74) is 1.19. The third-order valence-electron chi connectivity index (χ3n) is 16.7. The minimum absolute atomic E-state index is 0.0549. The molecule has 3 heterocycles. The van der Waals surface area contributed by atoms with Gasteiger partial charge in [0, 0.05) is 83.5 Å². The zero-order valence-electron chi connectivity index (χ0n) is 49.3. The SMILES string of the molecule is C#C[C@H](C)C[C@@H](C)C(=O)[C@H](OC)[C@H](O)/C(C)=C/[C@@H](C)C(=O)C[C@H](OC(=O)C1CCCCN1C(=O)C(=O)[C@]1(O)O[C@H](CC(OCCO)/C(C)=C/C=C/C=C)CC[C@H]1C)[C@H](C)C[C@@H]1CC[C@@H](OCCCN2CCO[C@H](C)C2)[C@H](OC)C1. The lowest BCUT2D eigenvalue weighted by atomic mass is 9.78. The van der Waals surface area contributed by atoms with Gasteiger partial charge in [-0.3, -0.25) is 24.1 Å². The molecule has 17 heteroatoms. The molecule has 4 fully saturated rings. The highest BCUT2D eigenvalue weighted by Gasteiger charge is 2.53. The maximum Gasteiger partial charge on any atom is 0.329 e. The number of carbonyl (C=O) groups excluding carboxylic acids is 5. The van der Waals surface area contributed by atoms with Gasteiger partial charge in [0.25, 0.3) is 11.7 Å². The summed E-state index contributed by atoms with van der Waals surface area (Å²) in [4.78, 5) is 74.9. The van der Waals surface area contributed by atoms with Crippen molar-refractivity contribution in [1.82, 2.24) is 9.80 Å². The first-order chi connectivity index (χ1) is 37.6. The van der Waals surface area contributed by atoms with Crippen LogP contribution in [0.2, 0.25) is 0 Å². The van der Waals surface area contributed by atoms with E-state index in [9.17, 15) is 39.3 Å². The molecule has 0 radical (unpaired) electrons. The lowest BCUT2D eigenvalue weighted by molar-refractivity contribution is -0.266. The van der Waals surface area contributed by atoms with Gasteiger partial charge in [0.2, 0.25) is 5.79 Å². The number of hydrogen-bond donors (Lipinski definition) is 3. The normalized spacial score (nSPS) is 28.6. The lowest BCUT2D eigenvalue weighted by Crippen LogP contribution is -2.61. The van der Waals surface area contributed by atoms with Crippen molar-refractivity contribution in [3.63, 3.8) is 0 Å². The number of ether oxygens (including phenoxy) is 7. The van der Waals surface area contributed by atoms with E-state index < -0.39 is 77.8 Å². The van der Waals surface area contributed by atoms with Crippen LogP contribution in [0.25, 0.3) is 0 Å². The second kappa shape index (κ2) is 33.9. The van der Waals surface area contributed by atoms with Crippen molar-refractivity contribution in [1.29, 1.82) is 0 Å². The quantitative estimate of drug-likeness (QED) is 0.0155. The zero-order valence-corrected chi connectivity index (χ0v) is 49.3. The third kappa shape index (κ3) is 20.2. The van der Waals surface area contributed by atoms with Gasteiger partial charge in [-0.1, -0.05) is 71.6 Å². The summed E-state index contributed by atoms with van der Waals surface area (Å²) < 4.78 is 42.2. The predicted octanol–water partition coefficient (Wildman–Crippen LogP) is 6.93. The van der Waals surface area contributed by atoms with E-state index in [0.29, 0.717) is 57.1 Å². The van der Waals surface area contributed by atoms with Crippen LogP contribution in [0.4, 0.5) is 0 Å². The second-order valence-electron chi connectivity index (χ2n) is 23.1. The highest BCUT2D eigenvalue weighted by Crippen LogP contribution is 2.38. The Morgan fingerprint density at radius 3 is 2.35 bits per heavy atom. The number of terminal acetylenes is 1. The van der Waals surface area contributed by atoms with E-state index in [1.807, 2.05) is 26.8 Å². The number of carbonyl (C=O) groups is 5. The minimum Gasteiger partial charge on any atom is -0.460 e. The number of ketones is 3. The first-order valence-corrected chi connectivity index (χ1v) is 29.2. The van der Waals surface area contributed by atoms with Crippen molar-refractivity contribution in [2.75, 3.05) is 66.8 Å². The van der Waals surface area contributed by atoms with Crippen LogP contribution in [0.15, 0.2) is 48.1 Å². The number of allylic oxidation sites excluding steroid dienone is 5. The highest BCUT2D eigenvalue weighted by molar-refractivity contribution is 6.39. The topological polar surface area (TPSA) is 217 Å². The number of aliphatic hydroxyl groups is 3. The van der Waals surface area contributed by atoms with Crippen LogP contribution in [0, 0.1) is 47.9 Å². The van der Waals surface area contributed by atoms with Crippen molar-refractivity contribution < 1.29 is 72.5 Å². The molecule has 0 aromatic rings. The molecule has 0 aromatic heterocycles. The van der Waals surface area contributed by atoms with E-state index in [-0.39, 0.29) is 86.7 Å². The number of esters is 1.